The number of carbonyl (C=O) groups excluding carboxylic acids is 2. The fourth-order valence-corrected chi connectivity index (χ4v) is 4.30. The van der Waals surface area contributed by atoms with Gasteiger partial charge in [-0.3, -0.25) is 14.5 Å². The zero-order valence-electron chi connectivity index (χ0n) is 14.4. The van der Waals surface area contributed by atoms with Gasteiger partial charge in [-0.15, -0.1) is 10.2 Å². The first-order valence-electron chi connectivity index (χ1n) is 8.36. The number of nitrogens with zero attached hydrogens (tertiary/aromatic N) is 3. The Morgan fingerprint density at radius 1 is 1.21 bits per heavy atom. The summed E-state index contributed by atoms with van der Waals surface area (Å²) in [6, 6.07) is 11.1. The Morgan fingerprint density at radius 2 is 2.03 bits per heavy atom. The molecule has 0 spiro atoms. The van der Waals surface area contributed by atoms with Gasteiger partial charge in [-0.1, -0.05) is 29.5 Å². The van der Waals surface area contributed by atoms with E-state index in [1.165, 1.54) is 10.4 Å². The molecule has 0 saturated carbocycles. The minimum Gasteiger partial charge on any atom is -0.503 e. The topological polar surface area (TPSA) is 110 Å². The van der Waals surface area contributed by atoms with Gasteiger partial charge < -0.3 is 13.9 Å². The summed E-state index contributed by atoms with van der Waals surface area (Å²) >= 11 is 3.10. The standard InChI is InChI=1S/C19H10IN3O5S/c20-13-6-5-11(28-13)15-14(17(25)18(26)23(15)19-22-21-8-29-19)16(24)12-7-9-3-1-2-4-10(9)27-12/h1-8,15,25H. The highest BCUT2D eigenvalue weighted by Gasteiger charge is 2.48. The third kappa shape index (κ3) is 2.86. The number of Topliss-reactive ketones (excluding diaryl/α,β-unsaturated/α-hetero) is 1. The van der Waals surface area contributed by atoms with Gasteiger partial charge in [0.2, 0.25) is 10.9 Å². The molecule has 29 heavy (non-hydrogen) atoms. The molecule has 3 aromatic heterocycles. The second-order valence-corrected chi connectivity index (χ2v) is 8.06. The summed E-state index contributed by atoms with van der Waals surface area (Å²) in [6.45, 7) is 0. The van der Waals surface area contributed by atoms with Crippen molar-refractivity contribution in [3.05, 3.63) is 74.6 Å². The van der Waals surface area contributed by atoms with Gasteiger partial charge in [-0.25, -0.2) is 0 Å². The highest BCUT2D eigenvalue weighted by atomic mass is 127. The molecule has 5 rings (SSSR count). The molecule has 1 aromatic carbocycles. The Balaban J connectivity index is 1.66. The monoisotopic (exact) mass is 519 g/mol. The van der Waals surface area contributed by atoms with Crippen LogP contribution in [0.5, 0.6) is 0 Å². The Kier molecular flexibility index (Phi) is 4.24. The molecular weight excluding hydrogens is 509 g/mol. The van der Waals surface area contributed by atoms with Crippen LogP contribution in [0.3, 0.4) is 0 Å². The SMILES string of the molecule is O=C(C1=C(O)C(=O)N(c2nncs2)C1c1ccc(I)o1)c1cc2ccccc2o1. The Morgan fingerprint density at radius 3 is 2.72 bits per heavy atom. The first kappa shape index (κ1) is 18.1. The molecule has 1 aliphatic rings. The smallest absolute Gasteiger partial charge is 0.296 e. The molecular formula is C19H10IN3O5S. The fraction of sp³-hybridized carbons (Fsp3) is 0.0526. The van der Waals surface area contributed by atoms with Crippen LogP contribution in [-0.2, 0) is 4.79 Å². The summed E-state index contributed by atoms with van der Waals surface area (Å²) in [5.74, 6) is -1.68. The molecule has 144 valence electrons. The molecule has 8 nitrogen and oxygen atoms in total. The number of hydrogen-bond donors (Lipinski definition) is 1. The number of aliphatic hydroxyl groups excluding tert-OH is 1. The van der Waals surface area contributed by atoms with E-state index in [4.69, 9.17) is 8.83 Å². The van der Waals surface area contributed by atoms with Crippen molar-refractivity contribution in [2.24, 2.45) is 0 Å². The molecule has 0 radical (unpaired) electrons. The van der Waals surface area contributed by atoms with Crippen LogP contribution in [-0.4, -0.2) is 27.0 Å². The van der Waals surface area contributed by atoms with E-state index in [9.17, 15) is 14.7 Å². The van der Waals surface area contributed by atoms with Gasteiger partial charge in [0.15, 0.2) is 15.3 Å². The number of anilines is 1. The van der Waals surface area contributed by atoms with Gasteiger partial charge in [0, 0.05) is 5.39 Å². The van der Waals surface area contributed by atoms with Crippen molar-refractivity contribution >= 4 is 61.7 Å². The highest BCUT2D eigenvalue weighted by molar-refractivity contribution is 14.1. The molecule has 1 atom stereocenters. The van der Waals surface area contributed by atoms with Crippen LogP contribution in [0.1, 0.15) is 22.4 Å². The number of aromatic nitrogens is 2. The molecule has 0 saturated heterocycles. The molecule has 4 aromatic rings. The van der Waals surface area contributed by atoms with E-state index in [2.05, 4.69) is 10.2 Å². The second kappa shape index (κ2) is 6.81. The van der Waals surface area contributed by atoms with Crippen molar-refractivity contribution in [3.63, 3.8) is 0 Å². The molecule has 4 heterocycles. The van der Waals surface area contributed by atoms with Gasteiger partial charge in [-0.2, -0.15) is 0 Å². The summed E-state index contributed by atoms with van der Waals surface area (Å²) in [6.07, 6.45) is 0. The number of fused-ring (bicyclic) bond motifs is 1. The van der Waals surface area contributed by atoms with Crippen molar-refractivity contribution in [2.45, 2.75) is 6.04 Å². The Bertz CT molecular complexity index is 1260. The van der Waals surface area contributed by atoms with Crippen LogP contribution in [0.15, 0.2) is 68.1 Å². The van der Waals surface area contributed by atoms with E-state index in [0.29, 0.717) is 15.1 Å². The molecule has 10 heteroatoms. The van der Waals surface area contributed by atoms with Crippen molar-refractivity contribution in [1.29, 1.82) is 0 Å². The number of para-hydroxylation sites is 1. The lowest BCUT2D eigenvalue weighted by Gasteiger charge is -2.21. The highest BCUT2D eigenvalue weighted by Crippen LogP contribution is 2.43. The number of aliphatic hydroxyl groups is 1. The number of hydrogen-bond acceptors (Lipinski definition) is 8. The van der Waals surface area contributed by atoms with Crippen LogP contribution in [0.4, 0.5) is 5.13 Å². The third-order valence-corrected chi connectivity index (χ3v) is 5.79. The quantitative estimate of drug-likeness (QED) is 0.317. The summed E-state index contributed by atoms with van der Waals surface area (Å²) < 4.78 is 11.9. The molecule has 0 aliphatic carbocycles. The Hall–Kier alpha value is -2.99. The summed E-state index contributed by atoms with van der Waals surface area (Å²) in [5, 5.41) is 19.3. The van der Waals surface area contributed by atoms with Crippen LogP contribution in [0.25, 0.3) is 11.0 Å². The molecule has 1 unspecified atom stereocenters. The van der Waals surface area contributed by atoms with E-state index in [0.717, 1.165) is 16.7 Å². The van der Waals surface area contributed by atoms with Crippen LogP contribution >= 0.6 is 33.9 Å². The van der Waals surface area contributed by atoms with Gasteiger partial charge in [0.1, 0.15) is 22.9 Å². The number of rotatable bonds is 4. The minimum atomic E-state index is -0.986. The lowest BCUT2D eigenvalue weighted by Crippen LogP contribution is -2.30. The van der Waals surface area contributed by atoms with Crippen molar-refractivity contribution in [1.82, 2.24) is 10.2 Å². The number of carbonyl (C=O) groups is 2. The van der Waals surface area contributed by atoms with Crippen molar-refractivity contribution < 1.29 is 23.5 Å². The Labute approximate surface area is 180 Å². The number of furan rings is 2. The fourth-order valence-electron chi connectivity index (χ4n) is 3.28. The predicted octanol–water partition coefficient (Wildman–Crippen LogP) is 4.26. The van der Waals surface area contributed by atoms with Gasteiger partial charge in [-0.05, 0) is 46.9 Å². The summed E-state index contributed by atoms with van der Waals surface area (Å²) in [7, 11) is 0. The van der Waals surface area contributed by atoms with Gasteiger partial charge >= 0.3 is 0 Å². The number of benzene rings is 1. The van der Waals surface area contributed by atoms with E-state index in [-0.39, 0.29) is 16.5 Å². The first-order valence-corrected chi connectivity index (χ1v) is 10.3. The molecule has 0 bridgehead atoms. The summed E-state index contributed by atoms with van der Waals surface area (Å²) in [5.41, 5.74) is 1.86. The lowest BCUT2D eigenvalue weighted by atomic mass is 10.00. The van der Waals surface area contributed by atoms with Crippen LogP contribution in [0, 0.1) is 3.77 Å². The van der Waals surface area contributed by atoms with Crippen molar-refractivity contribution in [2.75, 3.05) is 4.90 Å². The number of ketones is 1. The third-order valence-electron chi connectivity index (χ3n) is 4.52. The van der Waals surface area contributed by atoms with Gasteiger partial charge in [0.05, 0.1) is 5.57 Å². The van der Waals surface area contributed by atoms with E-state index < -0.39 is 23.5 Å². The zero-order valence-corrected chi connectivity index (χ0v) is 17.4. The molecule has 1 amide bonds. The largest absolute Gasteiger partial charge is 0.503 e. The average molecular weight is 519 g/mol. The number of amides is 1. The molecule has 0 fully saturated rings. The maximum Gasteiger partial charge on any atom is 0.296 e. The molecule has 1 aliphatic heterocycles. The molecule has 1 N–H and O–H groups in total. The number of halogens is 1. The maximum absolute atomic E-state index is 13.3. The normalized spacial score (nSPS) is 16.9. The van der Waals surface area contributed by atoms with Crippen molar-refractivity contribution in [3.8, 4) is 0 Å². The maximum atomic E-state index is 13.3. The van der Waals surface area contributed by atoms with Crippen LogP contribution in [0.2, 0.25) is 0 Å². The zero-order chi connectivity index (χ0) is 20.1. The predicted molar refractivity (Wildman–Crippen MR) is 112 cm³/mol. The van der Waals surface area contributed by atoms with E-state index in [1.54, 1.807) is 30.3 Å². The second-order valence-electron chi connectivity index (χ2n) is 6.18. The van der Waals surface area contributed by atoms with E-state index >= 15 is 0 Å². The minimum absolute atomic E-state index is 0.0194. The van der Waals surface area contributed by atoms with E-state index in [1.807, 2.05) is 34.7 Å². The van der Waals surface area contributed by atoms with Crippen LogP contribution < -0.4 is 4.90 Å². The first-order chi connectivity index (χ1) is 14.0. The lowest BCUT2D eigenvalue weighted by molar-refractivity contribution is -0.117. The average Bonchev–Trinajstić information content (AvgIpc) is 3.48. The van der Waals surface area contributed by atoms with Gasteiger partial charge in [0.25, 0.3) is 5.91 Å². The summed E-state index contributed by atoms with van der Waals surface area (Å²) in [4.78, 5) is 27.4.